The van der Waals surface area contributed by atoms with Crippen molar-refractivity contribution in [2.45, 2.75) is 6.42 Å². The van der Waals surface area contributed by atoms with Crippen LogP contribution in [0.5, 0.6) is 0 Å². The van der Waals surface area contributed by atoms with Crippen LogP contribution in [0.2, 0.25) is 0 Å². The summed E-state index contributed by atoms with van der Waals surface area (Å²) in [6, 6.07) is 0. The van der Waals surface area contributed by atoms with Crippen LogP contribution in [-0.2, 0) is 14.9 Å². The molecule has 0 spiro atoms. The number of rotatable bonds is 4. The SMILES string of the molecule is O=C(Cl)OCCCS(=O)(=O)O. The van der Waals surface area contributed by atoms with Gasteiger partial charge in [-0.25, -0.2) is 4.79 Å². The molecule has 0 heterocycles. The zero-order valence-electron chi connectivity index (χ0n) is 5.49. The number of halogens is 1. The number of ether oxygens (including phenoxy) is 1. The van der Waals surface area contributed by atoms with Crippen molar-refractivity contribution < 1.29 is 22.5 Å². The van der Waals surface area contributed by atoms with E-state index in [4.69, 9.17) is 16.2 Å². The van der Waals surface area contributed by atoms with Crippen molar-refractivity contribution in [3.05, 3.63) is 0 Å². The average Bonchev–Trinajstić information content (AvgIpc) is 1.78. The van der Waals surface area contributed by atoms with Crippen LogP contribution in [0.25, 0.3) is 0 Å². The third-order valence-electron chi connectivity index (χ3n) is 0.762. The quantitative estimate of drug-likeness (QED) is 0.411. The lowest BCUT2D eigenvalue weighted by Gasteiger charge is -1.97. The first-order chi connectivity index (χ1) is 4.92. The Morgan fingerprint density at radius 1 is 1.55 bits per heavy atom. The highest BCUT2D eigenvalue weighted by Crippen LogP contribution is 1.92. The Morgan fingerprint density at radius 3 is 2.45 bits per heavy atom. The molecule has 0 rings (SSSR count). The molecule has 0 fully saturated rings. The second kappa shape index (κ2) is 4.53. The molecule has 0 aromatic rings. The first kappa shape index (κ1) is 10.7. The zero-order chi connectivity index (χ0) is 8.91. The predicted octanol–water partition coefficient (Wildman–Crippen LogP) is 0.640. The fourth-order valence-electron chi connectivity index (χ4n) is 0.394. The molecule has 66 valence electrons. The molecule has 0 aliphatic rings. The predicted molar refractivity (Wildman–Crippen MR) is 38.2 cm³/mol. The summed E-state index contributed by atoms with van der Waals surface area (Å²) in [7, 11) is -3.96. The van der Waals surface area contributed by atoms with Crippen LogP contribution < -0.4 is 0 Å². The van der Waals surface area contributed by atoms with Gasteiger partial charge in [0.05, 0.1) is 12.4 Å². The summed E-state index contributed by atoms with van der Waals surface area (Å²) in [4.78, 5) is 9.90. The van der Waals surface area contributed by atoms with Gasteiger partial charge in [-0.2, -0.15) is 8.42 Å². The molecule has 5 nitrogen and oxygen atoms in total. The first-order valence-electron chi connectivity index (χ1n) is 2.69. The number of hydrogen-bond acceptors (Lipinski definition) is 4. The van der Waals surface area contributed by atoms with Crippen molar-refractivity contribution in [2.75, 3.05) is 12.4 Å². The van der Waals surface area contributed by atoms with E-state index >= 15 is 0 Å². The molecule has 0 amide bonds. The molecule has 0 unspecified atom stereocenters. The van der Waals surface area contributed by atoms with Crippen molar-refractivity contribution in [2.24, 2.45) is 0 Å². The molecule has 0 saturated heterocycles. The van der Waals surface area contributed by atoms with Gasteiger partial charge in [0.25, 0.3) is 10.1 Å². The van der Waals surface area contributed by atoms with Gasteiger partial charge in [-0.05, 0) is 6.42 Å². The van der Waals surface area contributed by atoms with Gasteiger partial charge >= 0.3 is 5.43 Å². The van der Waals surface area contributed by atoms with Gasteiger partial charge in [0.2, 0.25) is 0 Å². The van der Waals surface area contributed by atoms with Crippen LogP contribution in [0.4, 0.5) is 4.79 Å². The Balaban J connectivity index is 3.37. The van der Waals surface area contributed by atoms with Crippen LogP contribution in [0, 0.1) is 0 Å². The summed E-state index contributed by atoms with van der Waals surface area (Å²) in [5.41, 5.74) is -0.986. The lowest BCUT2D eigenvalue weighted by Crippen LogP contribution is -2.07. The lowest BCUT2D eigenvalue weighted by molar-refractivity contribution is 0.173. The van der Waals surface area contributed by atoms with Crippen molar-refractivity contribution in [1.29, 1.82) is 0 Å². The van der Waals surface area contributed by atoms with E-state index in [2.05, 4.69) is 4.74 Å². The van der Waals surface area contributed by atoms with Gasteiger partial charge in [0, 0.05) is 11.6 Å². The van der Waals surface area contributed by atoms with E-state index in [1.807, 2.05) is 0 Å². The highest BCUT2D eigenvalue weighted by Gasteiger charge is 2.04. The largest absolute Gasteiger partial charge is 0.454 e. The van der Waals surface area contributed by atoms with Gasteiger partial charge in [-0.15, -0.1) is 0 Å². The summed E-state index contributed by atoms with van der Waals surface area (Å²) in [5.74, 6) is -0.433. The maximum absolute atomic E-state index is 10.1. The summed E-state index contributed by atoms with van der Waals surface area (Å²) in [6.45, 7) is -0.109. The summed E-state index contributed by atoms with van der Waals surface area (Å²) >= 11 is 4.75. The third kappa shape index (κ3) is 9.67. The van der Waals surface area contributed by atoms with Crippen molar-refractivity contribution in [3.8, 4) is 0 Å². The van der Waals surface area contributed by atoms with Gasteiger partial charge in [-0.1, -0.05) is 0 Å². The van der Waals surface area contributed by atoms with Crippen LogP contribution in [-0.4, -0.2) is 30.8 Å². The highest BCUT2D eigenvalue weighted by atomic mass is 35.5. The number of hydrogen-bond donors (Lipinski definition) is 1. The molecule has 7 heteroatoms. The summed E-state index contributed by atoms with van der Waals surface area (Å²) in [6.07, 6.45) is 0.0390. The maximum atomic E-state index is 10.1. The van der Waals surface area contributed by atoms with Crippen molar-refractivity contribution >= 4 is 27.1 Å². The Labute approximate surface area is 69.0 Å². The van der Waals surface area contributed by atoms with E-state index in [1.54, 1.807) is 0 Å². The van der Waals surface area contributed by atoms with E-state index in [9.17, 15) is 13.2 Å². The fraction of sp³-hybridized carbons (Fsp3) is 0.750. The van der Waals surface area contributed by atoms with Crippen LogP contribution in [0.1, 0.15) is 6.42 Å². The molecule has 0 atom stereocenters. The average molecular weight is 203 g/mol. The smallest absolute Gasteiger partial charge is 0.403 e. The zero-order valence-corrected chi connectivity index (χ0v) is 7.06. The van der Waals surface area contributed by atoms with E-state index in [0.717, 1.165) is 0 Å². The topological polar surface area (TPSA) is 80.7 Å². The van der Waals surface area contributed by atoms with E-state index < -0.39 is 21.3 Å². The van der Waals surface area contributed by atoms with Crippen LogP contribution in [0.3, 0.4) is 0 Å². The van der Waals surface area contributed by atoms with E-state index in [1.165, 1.54) is 0 Å². The monoisotopic (exact) mass is 202 g/mol. The molecule has 0 radical (unpaired) electrons. The molecule has 1 N–H and O–H groups in total. The molecule has 0 aromatic carbocycles. The Morgan fingerprint density at radius 2 is 2.09 bits per heavy atom. The van der Waals surface area contributed by atoms with Gasteiger partial charge in [-0.3, -0.25) is 4.55 Å². The second-order valence-corrected chi connectivity index (χ2v) is 3.61. The Hall–Kier alpha value is -0.330. The molecule has 0 aromatic heterocycles. The molecule has 0 aliphatic carbocycles. The molecular weight excluding hydrogens is 196 g/mol. The van der Waals surface area contributed by atoms with Crippen molar-refractivity contribution in [3.63, 3.8) is 0 Å². The number of carbonyl (C=O) groups excluding carboxylic acids is 1. The molecule has 0 bridgehead atoms. The maximum Gasteiger partial charge on any atom is 0.403 e. The van der Waals surface area contributed by atoms with E-state index in [0.29, 0.717) is 0 Å². The van der Waals surface area contributed by atoms with E-state index in [-0.39, 0.29) is 13.0 Å². The van der Waals surface area contributed by atoms with Gasteiger partial charge in [0.1, 0.15) is 0 Å². The number of carbonyl (C=O) groups is 1. The van der Waals surface area contributed by atoms with Gasteiger partial charge in [0.15, 0.2) is 0 Å². The first-order valence-corrected chi connectivity index (χ1v) is 4.68. The minimum Gasteiger partial charge on any atom is -0.454 e. The van der Waals surface area contributed by atoms with Gasteiger partial charge < -0.3 is 4.74 Å². The fourth-order valence-corrected chi connectivity index (χ4v) is 0.954. The van der Waals surface area contributed by atoms with Crippen LogP contribution in [0.15, 0.2) is 0 Å². The molecule has 11 heavy (non-hydrogen) atoms. The molecular formula is C4H7ClO5S. The van der Waals surface area contributed by atoms with Crippen molar-refractivity contribution in [1.82, 2.24) is 0 Å². The summed E-state index contributed by atoms with van der Waals surface area (Å²) < 4.78 is 32.5. The Kier molecular flexibility index (Phi) is 4.39. The normalized spacial score (nSPS) is 11.1. The molecule has 0 saturated carbocycles. The molecule has 0 aliphatic heterocycles. The Bertz CT molecular complexity index is 221. The lowest BCUT2D eigenvalue weighted by atomic mass is 10.5. The summed E-state index contributed by atoms with van der Waals surface area (Å²) in [5, 5.41) is 0. The minimum absolute atomic E-state index is 0.0390. The minimum atomic E-state index is -3.96. The standard InChI is InChI=1S/C4H7ClO5S/c5-4(6)10-2-1-3-11(7,8)9/h1-3H2,(H,7,8,9). The highest BCUT2D eigenvalue weighted by molar-refractivity contribution is 7.85. The second-order valence-electron chi connectivity index (χ2n) is 1.73. The van der Waals surface area contributed by atoms with Crippen LogP contribution >= 0.6 is 11.6 Å². The third-order valence-corrected chi connectivity index (χ3v) is 1.68.